The fourth-order valence-electron chi connectivity index (χ4n) is 4.27. The van der Waals surface area contributed by atoms with E-state index in [4.69, 9.17) is 4.42 Å². The maximum absolute atomic E-state index is 13.5. The molecule has 6 rings (SSSR count). The van der Waals surface area contributed by atoms with Gasteiger partial charge in [0, 0.05) is 24.9 Å². The molecule has 1 atom stereocenters. The summed E-state index contributed by atoms with van der Waals surface area (Å²) >= 11 is 0. The summed E-state index contributed by atoms with van der Waals surface area (Å²) in [5, 5.41) is 13.0. The highest BCUT2D eigenvalue weighted by Crippen LogP contribution is 2.37. The smallest absolute Gasteiger partial charge is 0.319 e. The Morgan fingerprint density at radius 1 is 1.15 bits per heavy atom. The summed E-state index contributed by atoms with van der Waals surface area (Å²) in [6.07, 6.45) is 1.33. The summed E-state index contributed by atoms with van der Waals surface area (Å²) in [6, 6.07) is 10.1. The fourth-order valence-corrected chi connectivity index (χ4v) is 4.27. The van der Waals surface area contributed by atoms with Gasteiger partial charge in [0.05, 0.1) is 23.2 Å². The lowest BCUT2D eigenvalue weighted by molar-refractivity contribution is 0.143. The average Bonchev–Trinajstić information content (AvgIpc) is 3.56. The van der Waals surface area contributed by atoms with E-state index in [1.54, 1.807) is 30.7 Å². The molecule has 0 radical (unpaired) electrons. The Kier molecular flexibility index (Phi) is 4.42. The number of halogens is 2. The van der Waals surface area contributed by atoms with Gasteiger partial charge in [-0.3, -0.25) is 4.98 Å². The molecule has 9 nitrogen and oxygen atoms in total. The number of fused-ring (bicyclic) bond motifs is 2. The molecule has 6 heterocycles. The number of hydrogen-bond donors (Lipinski definition) is 1. The van der Waals surface area contributed by atoms with Crippen LogP contribution in [0.2, 0.25) is 0 Å². The lowest BCUT2D eigenvalue weighted by Gasteiger charge is -2.32. The summed E-state index contributed by atoms with van der Waals surface area (Å²) in [5.74, 6) is 0.310. The van der Waals surface area contributed by atoms with Gasteiger partial charge in [0.1, 0.15) is 17.4 Å². The molecular formula is C22H18F2N8O. The number of aromatic amines is 1. The van der Waals surface area contributed by atoms with Crippen molar-refractivity contribution in [1.82, 2.24) is 34.8 Å². The van der Waals surface area contributed by atoms with Crippen LogP contribution in [0.5, 0.6) is 0 Å². The van der Waals surface area contributed by atoms with Crippen molar-refractivity contribution in [3.05, 3.63) is 77.3 Å². The SMILES string of the molecule is Cc1cccnc1-c1nnc(N2CCc3[nH]cnc3C2c2cc3cccc(C(F)F)n3n2)o1. The van der Waals surface area contributed by atoms with Crippen LogP contribution in [0.3, 0.4) is 0 Å². The topological polar surface area (TPSA) is 101 Å². The first kappa shape index (κ1) is 19.5. The highest BCUT2D eigenvalue weighted by molar-refractivity contribution is 5.55. The van der Waals surface area contributed by atoms with Crippen LogP contribution in [0.4, 0.5) is 14.8 Å². The fraction of sp³-hybridized carbons (Fsp3) is 0.227. The Balaban J connectivity index is 1.46. The van der Waals surface area contributed by atoms with Crippen molar-refractivity contribution in [2.75, 3.05) is 11.4 Å². The van der Waals surface area contributed by atoms with E-state index < -0.39 is 12.5 Å². The van der Waals surface area contributed by atoms with Crippen LogP contribution < -0.4 is 4.90 Å². The first-order valence-electron chi connectivity index (χ1n) is 10.4. The number of nitrogens with one attached hydrogen (secondary N) is 1. The molecular weight excluding hydrogens is 430 g/mol. The highest BCUT2D eigenvalue weighted by atomic mass is 19.3. The molecule has 0 aromatic carbocycles. The van der Waals surface area contributed by atoms with Crippen molar-refractivity contribution in [3.63, 3.8) is 0 Å². The summed E-state index contributed by atoms with van der Waals surface area (Å²) in [6.45, 7) is 2.47. The third kappa shape index (κ3) is 3.15. The number of hydrogen-bond acceptors (Lipinski definition) is 7. The molecule has 166 valence electrons. The van der Waals surface area contributed by atoms with Crippen molar-refractivity contribution in [1.29, 1.82) is 0 Å². The molecule has 5 aromatic heterocycles. The van der Waals surface area contributed by atoms with Crippen molar-refractivity contribution < 1.29 is 13.2 Å². The lowest BCUT2D eigenvalue weighted by Crippen LogP contribution is -2.37. The van der Waals surface area contributed by atoms with E-state index in [2.05, 4.69) is 30.2 Å². The maximum Gasteiger partial charge on any atom is 0.319 e. The minimum absolute atomic E-state index is 0.172. The first-order chi connectivity index (χ1) is 16.1. The van der Waals surface area contributed by atoms with Crippen molar-refractivity contribution in [3.8, 4) is 11.6 Å². The molecule has 11 heteroatoms. The Bertz CT molecular complexity index is 1460. The number of imidazole rings is 1. The van der Waals surface area contributed by atoms with Crippen LogP contribution in [0.25, 0.3) is 17.1 Å². The van der Waals surface area contributed by atoms with E-state index in [9.17, 15) is 8.78 Å². The van der Waals surface area contributed by atoms with Crippen molar-refractivity contribution >= 4 is 11.5 Å². The zero-order valence-electron chi connectivity index (χ0n) is 17.5. The minimum Gasteiger partial charge on any atom is -0.402 e. The molecule has 5 aromatic rings. The second-order valence-electron chi connectivity index (χ2n) is 7.83. The van der Waals surface area contributed by atoms with Crippen LogP contribution >= 0.6 is 0 Å². The van der Waals surface area contributed by atoms with Gasteiger partial charge in [-0.1, -0.05) is 17.2 Å². The summed E-state index contributed by atoms with van der Waals surface area (Å²) in [4.78, 5) is 13.9. The molecule has 0 saturated carbocycles. The Morgan fingerprint density at radius 2 is 2.06 bits per heavy atom. The van der Waals surface area contributed by atoms with Gasteiger partial charge < -0.3 is 14.3 Å². The predicted molar refractivity (Wildman–Crippen MR) is 114 cm³/mol. The van der Waals surface area contributed by atoms with Gasteiger partial charge in [-0.05, 0) is 36.8 Å². The minimum atomic E-state index is -2.65. The van der Waals surface area contributed by atoms with Gasteiger partial charge >= 0.3 is 6.01 Å². The molecule has 1 N–H and O–H groups in total. The zero-order valence-corrected chi connectivity index (χ0v) is 17.5. The Labute approximate surface area is 186 Å². The van der Waals surface area contributed by atoms with Crippen LogP contribution in [-0.4, -0.2) is 41.3 Å². The molecule has 1 unspecified atom stereocenters. The molecule has 0 fully saturated rings. The number of nitrogens with zero attached hydrogens (tertiary/aromatic N) is 7. The molecule has 1 aliphatic heterocycles. The van der Waals surface area contributed by atoms with Crippen LogP contribution in [-0.2, 0) is 6.42 Å². The van der Waals surface area contributed by atoms with Gasteiger partial charge in [-0.15, -0.1) is 5.10 Å². The van der Waals surface area contributed by atoms with E-state index in [0.29, 0.717) is 41.8 Å². The van der Waals surface area contributed by atoms with Crippen LogP contribution in [0, 0.1) is 6.92 Å². The number of anilines is 1. The maximum atomic E-state index is 13.5. The monoisotopic (exact) mass is 448 g/mol. The van der Waals surface area contributed by atoms with Gasteiger partial charge in [0.2, 0.25) is 0 Å². The molecule has 0 saturated heterocycles. The number of pyridine rings is 2. The molecule has 33 heavy (non-hydrogen) atoms. The Morgan fingerprint density at radius 3 is 2.91 bits per heavy atom. The van der Waals surface area contributed by atoms with E-state index in [1.165, 1.54) is 10.6 Å². The molecule has 0 bridgehead atoms. The molecule has 0 aliphatic carbocycles. The summed E-state index contributed by atoms with van der Waals surface area (Å²) < 4.78 is 34.4. The third-order valence-electron chi connectivity index (χ3n) is 5.84. The molecule has 1 aliphatic rings. The summed E-state index contributed by atoms with van der Waals surface area (Å²) in [5.41, 5.74) is 4.19. The van der Waals surface area contributed by atoms with Crippen LogP contribution in [0.1, 0.15) is 40.8 Å². The average molecular weight is 448 g/mol. The largest absolute Gasteiger partial charge is 0.402 e. The van der Waals surface area contributed by atoms with E-state index in [-0.39, 0.29) is 5.69 Å². The first-order valence-corrected chi connectivity index (χ1v) is 10.4. The lowest BCUT2D eigenvalue weighted by atomic mass is 10.0. The van der Waals surface area contributed by atoms with Crippen molar-refractivity contribution in [2.24, 2.45) is 0 Å². The molecule has 0 spiro atoms. The Hall–Kier alpha value is -4.15. The number of alkyl halides is 2. The normalized spacial score (nSPS) is 16.0. The molecule has 0 amide bonds. The van der Waals surface area contributed by atoms with E-state index >= 15 is 0 Å². The van der Waals surface area contributed by atoms with Gasteiger partial charge in [0.25, 0.3) is 12.3 Å². The standard InChI is InChI=1S/C22H18F2N8O/c1-12-4-3-8-25-17(12)21-28-29-22(33-21)31-9-7-14-18(27-11-26-14)19(31)15-10-13-5-2-6-16(20(23)24)32(13)30-15/h2-6,8,10-11,19-20H,7,9H2,1H3,(H,26,27). The number of H-pyrrole nitrogens is 1. The van der Waals surface area contributed by atoms with Gasteiger partial charge in [-0.2, -0.15) is 5.10 Å². The van der Waals surface area contributed by atoms with Crippen molar-refractivity contribution in [2.45, 2.75) is 25.8 Å². The highest BCUT2D eigenvalue weighted by Gasteiger charge is 2.36. The second kappa shape index (κ2) is 7.47. The number of rotatable bonds is 4. The number of aryl methyl sites for hydroxylation is 1. The third-order valence-corrected chi connectivity index (χ3v) is 5.84. The second-order valence-corrected chi connectivity index (χ2v) is 7.83. The van der Waals surface area contributed by atoms with E-state index in [1.807, 2.05) is 24.0 Å². The van der Waals surface area contributed by atoms with E-state index in [0.717, 1.165) is 17.0 Å². The van der Waals surface area contributed by atoms with Gasteiger partial charge in [-0.25, -0.2) is 18.3 Å². The number of aromatic nitrogens is 7. The van der Waals surface area contributed by atoms with Gasteiger partial charge in [0.15, 0.2) is 0 Å². The predicted octanol–water partition coefficient (Wildman–Crippen LogP) is 3.90. The van der Waals surface area contributed by atoms with Crippen LogP contribution in [0.15, 0.2) is 53.3 Å². The zero-order chi connectivity index (χ0) is 22.5. The summed E-state index contributed by atoms with van der Waals surface area (Å²) in [7, 11) is 0. The quantitative estimate of drug-likeness (QED) is 0.445.